The van der Waals surface area contributed by atoms with Crippen molar-refractivity contribution in [1.82, 2.24) is 4.90 Å². The van der Waals surface area contributed by atoms with E-state index < -0.39 is 0 Å². The van der Waals surface area contributed by atoms with Gasteiger partial charge in [0.1, 0.15) is 0 Å². The zero-order valence-corrected chi connectivity index (χ0v) is 13.9. The van der Waals surface area contributed by atoms with E-state index in [1.807, 2.05) is 0 Å². The van der Waals surface area contributed by atoms with Gasteiger partial charge in [0.05, 0.1) is 13.2 Å². The zero-order valence-electron chi connectivity index (χ0n) is 13.9. The summed E-state index contributed by atoms with van der Waals surface area (Å²) in [5.74, 6) is 0.124. The quantitative estimate of drug-likeness (QED) is 0.864. The number of piperidine rings is 1. The maximum atomic E-state index is 6.21. The van der Waals surface area contributed by atoms with Gasteiger partial charge < -0.3 is 14.8 Å². The lowest BCUT2D eigenvalue weighted by Gasteiger charge is -2.51. The number of hydrogen-bond donors (Lipinski definition) is 1. The predicted molar refractivity (Wildman–Crippen MR) is 89.6 cm³/mol. The third kappa shape index (κ3) is 1.77. The first-order chi connectivity index (χ1) is 11.3. The molecule has 0 unspecified atom stereocenters. The topological polar surface area (TPSA) is 33.7 Å². The van der Waals surface area contributed by atoms with Crippen LogP contribution in [-0.4, -0.2) is 49.6 Å². The van der Waals surface area contributed by atoms with Gasteiger partial charge in [-0.2, -0.15) is 0 Å². The fourth-order valence-electron chi connectivity index (χ4n) is 5.87. The van der Waals surface area contributed by atoms with Gasteiger partial charge in [0.2, 0.25) is 0 Å². The number of fused-ring (bicyclic) bond motifs is 4. The molecule has 4 nitrogen and oxygen atoms in total. The highest BCUT2D eigenvalue weighted by atomic mass is 16.7. The van der Waals surface area contributed by atoms with Crippen molar-refractivity contribution in [2.24, 2.45) is 5.92 Å². The van der Waals surface area contributed by atoms with Crippen LogP contribution in [0.1, 0.15) is 31.7 Å². The second-order valence-corrected chi connectivity index (χ2v) is 7.56. The highest BCUT2D eigenvalue weighted by Crippen LogP contribution is 2.55. The van der Waals surface area contributed by atoms with Crippen LogP contribution in [0.25, 0.3) is 0 Å². The molecule has 4 aliphatic heterocycles. The number of para-hydroxylation sites is 1. The first kappa shape index (κ1) is 14.3. The highest BCUT2D eigenvalue weighted by molar-refractivity contribution is 5.61. The monoisotopic (exact) mass is 314 g/mol. The van der Waals surface area contributed by atoms with Gasteiger partial charge in [-0.3, -0.25) is 4.90 Å². The maximum absolute atomic E-state index is 6.21. The lowest BCUT2D eigenvalue weighted by Crippen LogP contribution is -2.61. The molecule has 3 fully saturated rings. The molecular weight excluding hydrogens is 288 g/mol. The van der Waals surface area contributed by atoms with E-state index >= 15 is 0 Å². The molecule has 0 amide bonds. The summed E-state index contributed by atoms with van der Waals surface area (Å²) in [5.41, 5.74) is 3.07. The molecule has 5 rings (SSSR count). The molecule has 1 aromatic rings. The highest BCUT2D eigenvalue weighted by Gasteiger charge is 2.62. The summed E-state index contributed by atoms with van der Waals surface area (Å²) in [7, 11) is 0. The van der Waals surface area contributed by atoms with Crippen LogP contribution in [0, 0.1) is 5.92 Å². The number of nitrogens with zero attached hydrogens (tertiary/aromatic N) is 1. The van der Waals surface area contributed by atoms with E-state index in [0.717, 1.165) is 39.1 Å². The molecular formula is C19H26N2O2. The number of rotatable bonds is 1. The minimum Gasteiger partial charge on any atom is -0.384 e. The molecule has 0 bridgehead atoms. The van der Waals surface area contributed by atoms with Crippen LogP contribution in [0.15, 0.2) is 24.3 Å². The Morgan fingerprint density at radius 1 is 1.17 bits per heavy atom. The van der Waals surface area contributed by atoms with Crippen LogP contribution in [0.3, 0.4) is 0 Å². The standard InChI is InChI=1S/C19H26N2O2/c1-2-14-17-18(13-20-16-6-4-3-5-15(16)18)7-9-21(17)10-8-19(14)22-11-12-23-19/h3-6,14,17,20H,2,7-13H2,1H3/t14-,17-,18+/m0/s1. The van der Waals surface area contributed by atoms with E-state index in [1.165, 1.54) is 24.2 Å². The predicted octanol–water partition coefficient (Wildman–Crippen LogP) is 2.60. The van der Waals surface area contributed by atoms with E-state index in [1.54, 1.807) is 0 Å². The van der Waals surface area contributed by atoms with Gasteiger partial charge in [0, 0.05) is 42.6 Å². The molecule has 4 heteroatoms. The molecule has 0 saturated carbocycles. The minimum absolute atomic E-state index is 0.222. The summed E-state index contributed by atoms with van der Waals surface area (Å²) in [6.45, 7) is 7.18. The Balaban J connectivity index is 1.60. The number of ether oxygens (including phenoxy) is 2. The van der Waals surface area contributed by atoms with Gasteiger partial charge in [-0.25, -0.2) is 0 Å². The van der Waals surface area contributed by atoms with Gasteiger partial charge in [0.15, 0.2) is 5.79 Å². The van der Waals surface area contributed by atoms with E-state index in [0.29, 0.717) is 12.0 Å². The molecule has 2 spiro atoms. The summed E-state index contributed by atoms with van der Waals surface area (Å²) in [4.78, 5) is 2.72. The van der Waals surface area contributed by atoms with Crippen molar-refractivity contribution in [3.8, 4) is 0 Å². The van der Waals surface area contributed by atoms with Crippen molar-refractivity contribution in [2.75, 3.05) is 38.2 Å². The Labute approximate surface area is 138 Å². The minimum atomic E-state index is -0.329. The smallest absolute Gasteiger partial charge is 0.174 e. The average Bonchev–Trinajstić information content (AvgIpc) is 3.29. The molecule has 0 radical (unpaired) electrons. The third-order valence-corrected chi connectivity index (χ3v) is 6.77. The maximum Gasteiger partial charge on any atom is 0.174 e. The van der Waals surface area contributed by atoms with Crippen molar-refractivity contribution in [3.63, 3.8) is 0 Å². The Bertz CT molecular complexity index is 613. The molecule has 4 aliphatic rings. The summed E-state index contributed by atoms with van der Waals surface area (Å²) in [6.07, 6.45) is 3.38. The van der Waals surface area contributed by atoms with Crippen molar-refractivity contribution < 1.29 is 9.47 Å². The van der Waals surface area contributed by atoms with Crippen LogP contribution in [0.4, 0.5) is 5.69 Å². The zero-order chi connectivity index (χ0) is 15.5. The van der Waals surface area contributed by atoms with Gasteiger partial charge in [0.25, 0.3) is 0 Å². The lowest BCUT2D eigenvalue weighted by atomic mass is 9.66. The SMILES string of the molecule is CC[C@H]1[C@@H]2N(CCC13OCCO3)CC[C@]21CNc2ccccc21. The van der Waals surface area contributed by atoms with Crippen LogP contribution in [0.5, 0.6) is 0 Å². The van der Waals surface area contributed by atoms with Crippen LogP contribution >= 0.6 is 0 Å². The van der Waals surface area contributed by atoms with Crippen molar-refractivity contribution in [3.05, 3.63) is 29.8 Å². The largest absolute Gasteiger partial charge is 0.384 e. The average molecular weight is 314 g/mol. The first-order valence-electron chi connectivity index (χ1n) is 9.14. The molecule has 4 heterocycles. The lowest BCUT2D eigenvalue weighted by molar-refractivity contribution is -0.236. The van der Waals surface area contributed by atoms with Crippen LogP contribution < -0.4 is 5.32 Å². The van der Waals surface area contributed by atoms with Crippen molar-refractivity contribution in [1.29, 1.82) is 0 Å². The summed E-state index contributed by atoms with van der Waals surface area (Å²) in [6, 6.07) is 9.42. The van der Waals surface area contributed by atoms with Crippen molar-refractivity contribution >= 4 is 5.69 Å². The Morgan fingerprint density at radius 3 is 2.78 bits per heavy atom. The Hall–Kier alpha value is -1.10. The molecule has 23 heavy (non-hydrogen) atoms. The number of anilines is 1. The van der Waals surface area contributed by atoms with Gasteiger partial charge in [-0.15, -0.1) is 0 Å². The Kier molecular flexibility index (Phi) is 3.07. The molecule has 3 saturated heterocycles. The van der Waals surface area contributed by atoms with Crippen LogP contribution in [-0.2, 0) is 14.9 Å². The second kappa shape index (κ2) is 4.95. The van der Waals surface area contributed by atoms with Gasteiger partial charge in [-0.1, -0.05) is 25.1 Å². The molecule has 0 aromatic heterocycles. The van der Waals surface area contributed by atoms with E-state index in [9.17, 15) is 0 Å². The molecule has 0 aliphatic carbocycles. The summed E-state index contributed by atoms with van der Waals surface area (Å²) < 4.78 is 12.4. The van der Waals surface area contributed by atoms with Crippen molar-refractivity contribution in [2.45, 2.75) is 43.4 Å². The number of benzene rings is 1. The second-order valence-electron chi connectivity index (χ2n) is 7.56. The van der Waals surface area contributed by atoms with E-state index in [-0.39, 0.29) is 11.2 Å². The van der Waals surface area contributed by atoms with Gasteiger partial charge >= 0.3 is 0 Å². The molecule has 1 aromatic carbocycles. The Morgan fingerprint density at radius 2 is 1.96 bits per heavy atom. The fraction of sp³-hybridized carbons (Fsp3) is 0.684. The number of hydrogen-bond acceptors (Lipinski definition) is 4. The fourth-order valence-corrected chi connectivity index (χ4v) is 5.87. The third-order valence-electron chi connectivity index (χ3n) is 6.77. The summed E-state index contributed by atoms with van der Waals surface area (Å²) >= 11 is 0. The summed E-state index contributed by atoms with van der Waals surface area (Å²) in [5, 5.41) is 3.68. The van der Waals surface area contributed by atoms with Gasteiger partial charge in [-0.05, 0) is 31.0 Å². The van der Waals surface area contributed by atoms with Crippen LogP contribution in [0.2, 0.25) is 0 Å². The molecule has 1 N–H and O–H groups in total. The first-order valence-corrected chi connectivity index (χ1v) is 9.14. The number of nitrogens with one attached hydrogen (secondary N) is 1. The molecule has 3 atom stereocenters. The van der Waals surface area contributed by atoms with E-state index in [2.05, 4.69) is 41.4 Å². The molecule has 124 valence electrons. The van der Waals surface area contributed by atoms with E-state index in [4.69, 9.17) is 9.47 Å². The normalized spacial score (nSPS) is 38.0.